The summed E-state index contributed by atoms with van der Waals surface area (Å²) < 4.78 is 1.63. The van der Waals surface area contributed by atoms with Gasteiger partial charge < -0.3 is 10.0 Å². The molecule has 1 N–H and O–H groups in total. The molecule has 18 heavy (non-hydrogen) atoms. The zero-order valence-corrected chi connectivity index (χ0v) is 9.94. The molecule has 1 aliphatic rings. The molecule has 0 bridgehead atoms. The standard InChI is InChI=1S/C11H13N5O2/c1-7-12-13-9-4-5-10(14-16(7)9)15-6-2-3-8(15)11(17)18/h4-5,8H,2-3,6H2,1H3,(H,17,18)/t8-/m1/s1. The maximum Gasteiger partial charge on any atom is 0.326 e. The summed E-state index contributed by atoms with van der Waals surface area (Å²) >= 11 is 0. The number of hydrogen-bond acceptors (Lipinski definition) is 5. The van der Waals surface area contributed by atoms with Crippen LogP contribution in [0.5, 0.6) is 0 Å². The number of carbonyl (C=O) groups is 1. The highest BCUT2D eigenvalue weighted by Crippen LogP contribution is 2.24. The Kier molecular flexibility index (Phi) is 2.39. The summed E-state index contributed by atoms with van der Waals surface area (Å²) in [6.07, 6.45) is 1.54. The predicted molar refractivity (Wildman–Crippen MR) is 63.5 cm³/mol. The maximum atomic E-state index is 11.2. The van der Waals surface area contributed by atoms with E-state index in [1.54, 1.807) is 16.6 Å². The van der Waals surface area contributed by atoms with E-state index in [1.165, 1.54) is 0 Å². The van der Waals surface area contributed by atoms with E-state index >= 15 is 0 Å². The van der Waals surface area contributed by atoms with Crippen LogP contribution in [0, 0.1) is 6.92 Å². The van der Waals surface area contributed by atoms with Crippen molar-refractivity contribution in [2.24, 2.45) is 0 Å². The van der Waals surface area contributed by atoms with Gasteiger partial charge in [0.15, 0.2) is 11.5 Å². The maximum absolute atomic E-state index is 11.2. The molecule has 0 aromatic carbocycles. The van der Waals surface area contributed by atoms with Gasteiger partial charge in [-0.3, -0.25) is 0 Å². The van der Waals surface area contributed by atoms with Gasteiger partial charge in [-0.15, -0.1) is 15.3 Å². The molecule has 94 valence electrons. The predicted octanol–water partition coefficient (Wildman–Crippen LogP) is 0.486. The zero-order valence-electron chi connectivity index (χ0n) is 9.94. The Morgan fingerprint density at radius 2 is 2.28 bits per heavy atom. The summed E-state index contributed by atoms with van der Waals surface area (Å²) in [5, 5.41) is 21.5. The summed E-state index contributed by atoms with van der Waals surface area (Å²) in [6, 6.07) is 3.12. The van der Waals surface area contributed by atoms with Crippen molar-refractivity contribution < 1.29 is 9.90 Å². The molecule has 7 nitrogen and oxygen atoms in total. The van der Waals surface area contributed by atoms with Crippen molar-refractivity contribution in [1.29, 1.82) is 0 Å². The molecule has 0 radical (unpaired) electrons. The molecule has 3 heterocycles. The normalized spacial score (nSPS) is 19.6. The van der Waals surface area contributed by atoms with Crippen LogP contribution in [0.4, 0.5) is 5.82 Å². The molecule has 1 aliphatic heterocycles. The summed E-state index contributed by atoms with van der Waals surface area (Å²) in [6.45, 7) is 2.53. The monoisotopic (exact) mass is 247 g/mol. The van der Waals surface area contributed by atoms with Crippen LogP contribution in [0.25, 0.3) is 5.65 Å². The Bertz CT molecular complexity index is 608. The Morgan fingerprint density at radius 3 is 3.06 bits per heavy atom. The Labute approximate surface area is 103 Å². The lowest BCUT2D eigenvalue weighted by molar-refractivity contribution is -0.138. The highest BCUT2D eigenvalue weighted by Gasteiger charge is 2.31. The lowest BCUT2D eigenvalue weighted by Crippen LogP contribution is -2.36. The fourth-order valence-electron chi connectivity index (χ4n) is 2.34. The molecule has 2 aromatic rings. The molecule has 7 heteroatoms. The summed E-state index contributed by atoms with van der Waals surface area (Å²) in [7, 11) is 0. The van der Waals surface area contributed by atoms with Gasteiger partial charge in [0, 0.05) is 6.54 Å². The van der Waals surface area contributed by atoms with Crippen molar-refractivity contribution in [3.8, 4) is 0 Å². The lowest BCUT2D eigenvalue weighted by atomic mass is 10.2. The average molecular weight is 247 g/mol. The minimum atomic E-state index is -0.796. The van der Waals surface area contributed by atoms with E-state index in [0.29, 0.717) is 23.7 Å². The number of hydrogen-bond donors (Lipinski definition) is 1. The van der Waals surface area contributed by atoms with Crippen LogP contribution in [0.15, 0.2) is 12.1 Å². The first-order chi connectivity index (χ1) is 8.66. The number of nitrogens with zero attached hydrogens (tertiary/aromatic N) is 5. The van der Waals surface area contributed by atoms with Crippen molar-refractivity contribution in [3.05, 3.63) is 18.0 Å². The van der Waals surface area contributed by atoms with Crippen LogP contribution in [0.3, 0.4) is 0 Å². The molecule has 1 fully saturated rings. The van der Waals surface area contributed by atoms with Gasteiger partial charge in [-0.1, -0.05) is 0 Å². The van der Waals surface area contributed by atoms with E-state index < -0.39 is 12.0 Å². The van der Waals surface area contributed by atoms with E-state index in [0.717, 1.165) is 13.0 Å². The van der Waals surface area contributed by atoms with Crippen LogP contribution >= 0.6 is 0 Å². The molecular weight excluding hydrogens is 234 g/mol. The SMILES string of the molecule is Cc1nnc2ccc(N3CCC[C@@H]3C(=O)O)nn12. The third-order valence-electron chi connectivity index (χ3n) is 3.24. The molecule has 0 unspecified atom stereocenters. The van der Waals surface area contributed by atoms with Gasteiger partial charge >= 0.3 is 5.97 Å². The number of aromatic nitrogens is 4. The van der Waals surface area contributed by atoms with Crippen molar-refractivity contribution >= 4 is 17.4 Å². The van der Waals surface area contributed by atoms with E-state index in [-0.39, 0.29) is 0 Å². The lowest BCUT2D eigenvalue weighted by Gasteiger charge is -2.22. The fraction of sp³-hybridized carbons (Fsp3) is 0.455. The Morgan fingerprint density at radius 1 is 1.44 bits per heavy atom. The topological polar surface area (TPSA) is 83.6 Å². The second-order valence-corrected chi connectivity index (χ2v) is 4.40. The third-order valence-corrected chi connectivity index (χ3v) is 3.24. The largest absolute Gasteiger partial charge is 0.480 e. The smallest absolute Gasteiger partial charge is 0.326 e. The number of rotatable bonds is 2. The van der Waals surface area contributed by atoms with Crippen LogP contribution in [0.2, 0.25) is 0 Å². The van der Waals surface area contributed by atoms with Crippen molar-refractivity contribution in [2.45, 2.75) is 25.8 Å². The number of anilines is 1. The minimum Gasteiger partial charge on any atom is -0.480 e. The molecule has 1 saturated heterocycles. The number of fused-ring (bicyclic) bond motifs is 1. The second-order valence-electron chi connectivity index (χ2n) is 4.40. The first-order valence-corrected chi connectivity index (χ1v) is 5.85. The summed E-state index contributed by atoms with van der Waals surface area (Å²) in [4.78, 5) is 13.0. The molecule has 2 aromatic heterocycles. The molecular formula is C11H13N5O2. The molecule has 0 aliphatic carbocycles. The quantitative estimate of drug-likeness (QED) is 0.831. The van der Waals surface area contributed by atoms with E-state index in [4.69, 9.17) is 0 Å². The van der Waals surface area contributed by atoms with Gasteiger partial charge in [-0.05, 0) is 31.9 Å². The molecule has 0 saturated carbocycles. The van der Waals surface area contributed by atoms with E-state index in [2.05, 4.69) is 15.3 Å². The number of aliphatic carboxylic acids is 1. The molecule has 0 spiro atoms. The molecule has 1 atom stereocenters. The van der Waals surface area contributed by atoms with Crippen molar-refractivity contribution in [3.63, 3.8) is 0 Å². The fourth-order valence-corrected chi connectivity index (χ4v) is 2.34. The second kappa shape index (κ2) is 3.94. The Balaban J connectivity index is 2.03. The zero-order chi connectivity index (χ0) is 12.7. The van der Waals surface area contributed by atoms with Crippen LogP contribution in [0.1, 0.15) is 18.7 Å². The number of aryl methyl sites for hydroxylation is 1. The Hall–Kier alpha value is -2.18. The molecule has 0 amide bonds. The average Bonchev–Trinajstić information content (AvgIpc) is 2.96. The van der Waals surface area contributed by atoms with E-state index in [1.807, 2.05) is 11.8 Å². The van der Waals surface area contributed by atoms with Crippen molar-refractivity contribution in [2.75, 3.05) is 11.4 Å². The number of carboxylic acid groups (broad SMARTS) is 1. The summed E-state index contributed by atoms with van der Waals surface area (Å²) in [5.74, 6) is 0.558. The van der Waals surface area contributed by atoms with Gasteiger partial charge in [0.25, 0.3) is 0 Å². The highest BCUT2D eigenvalue weighted by molar-refractivity contribution is 5.78. The van der Waals surface area contributed by atoms with Crippen LogP contribution in [-0.4, -0.2) is 43.5 Å². The van der Waals surface area contributed by atoms with Gasteiger partial charge in [0.2, 0.25) is 0 Å². The highest BCUT2D eigenvalue weighted by atomic mass is 16.4. The van der Waals surface area contributed by atoms with Crippen LogP contribution < -0.4 is 4.90 Å². The first kappa shape index (κ1) is 10.9. The van der Waals surface area contributed by atoms with Gasteiger partial charge in [-0.25, -0.2) is 4.79 Å². The van der Waals surface area contributed by atoms with Crippen LogP contribution in [-0.2, 0) is 4.79 Å². The first-order valence-electron chi connectivity index (χ1n) is 5.85. The minimum absolute atomic E-state index is 0.480. The van der Waals surface area contributed by atoms with Crippen molar-refractivity contribution in [1.82, 2.24) is 19.8 Å². The van der Waals surface area contributed by atoms with Gasteiger partial charge in [-0.2, -0.15) is 4.52 Å². The third kappa shape index (κ3) is 1.59. The van der Waals surface area contributed by atoms with Gasteiger partial charge in [0.05, 0.1) is 0 Å². The van der Waals surface area contributed by atoms with E-state index in [9.17, 15) is 9.90 Å². The summed E-state index contributed by atoms with van der Waals surface area (Å²) in [5.41, 5.74) is 0.669. The molecule has 3 rings (SSSR count). The number of carboxylic acids is 1. The van der Waals surface area contributed by atoms with Gasteiger partial charge in [0.1, 0.15) is 11.9 Å².